The van der Waals surface area contributed by atoms with Crippen molar-refractivity contribution in [2.45, 2.75) is 18.9 Å². The Bertz CT molecular complexity index is 1230. The van der Waals surface area contributed by atoms with Crippen molar-refractivity contribution in [3.05, 3.63) is 29.3 Å². The van der Waals surface area contributed by atoms with Gasteiger partial charge in [-0.25, -0.2) is 0 Å². The van der Waals surface area contributed by atoms with Crippen molar-refractivity contribution in [2.24, 2.45) is 0 Å². The largest absolute Gasteiger partial charge is 0.382 e. The number of amides is 4. The van der Waals surface area contributed by atoms with E-state index in [1.54, 1.807) is 18.2 Å². The molecule has 2 aliphatic heterocycles. The fourth-order valence-corrected chi connectivity index (χ4v) is 4.81. The van der Waals surface area contributed by atoms with Crippen LogP contribution in [0.3, 0.4) is 0 Å². The van der Waals surface area contributed by atoms with Crippen LogP contribution in [0.1, 0.15) is 33.6 Å². The number of imide groups is 2. The molecule has 0 radical (unpaired) electrons. The fourth-order valence-electron chi connectivity index (χ4n) is 4.81. The number of anilines is 1. The summed E-state index contributed by atoms with van der Waals surface area (Å²) in [5.74, 6) is 0.221. The highest BCUT2D eigenvalue weighted by Crippen LogP contribution is 2.32. The van der Waals surface area contributed by atoms with Crippen LogP contribution < -0.4 is 10.6 Å². The van der Waals surface area contributed by atoms with Gasteiger partial charge in [-0.3, -0.25) is 29.4 Å². The van der Waals surface area contributed by atoms with Crippen molar-refractivity contribution in [1.29, 1.82) is 0 Å². The Morgan fingerprint density at radius 2 is 1.12 bits per heavy atom. The molecule has 1 aromatic rings. The molecular weight excluding hydrogens is 658 g/mol. The second-order valence-corrected chi connectivity index (χ2v) is 10.8. The highest BCUT2D eigenvalue weighted by atomic mass is 16.6. The molecule has 3 rings (SSSR count). The van der Waals surface area contributed by atoms with Crippen molar-refractivity contribution in [2.75, 3.05) is 131 Å². The van der Waals surface area contributed by atoms with Gasteiger partial charge in [-0.15, -0.1) is 6.42 Å². The summed E-state index contributed by atoms with van der Waals surface area (Å²) < 4.78 is 48.8. The Kier molecular flexibility index (Phi) is 20.8. The minimum atomic E-state index is -1.01. The van der Waals surface area contributed by atoms with E-state index in [0.717, 1.165) is 4.90 Å². The van der Waals surface area contributed by atoms with E-state index in [0.29, 0.717) is 131 Å². The Hall–Kier alpha value is -3.50. The lowest BCUT2D eigenvalue weighted by Crippen LogP contribution is -2.54. The standard InChI is InChI=1S/C34H49N3O13/c1-2-9-42-11-13-44-15-17-46-19-21-48-23-25-50-26-24-49-22-20-47-18-16-45-14-12-43-10-8-35-28-5-3-4-27-31(28)34(41)37(33(27)40)29-6-7-30(38)36-32(29)39/h1,3-5,29,35H,6-26H2,(H,36,38,39). The van der Waals surface area contributed by atoms with Gasteiger partial charge in [0, 0.05) is 18.7 Å². The van der Waals surface area contributed by atoms with Gasteiger partial charge >= 0.3 is 0 Å². The summed E-state index contributed by atoms with van der Waals surface area (Å²) in [5, 5.41) is 5.32. The smallest absolute Gasteiger partial charge is 0.264 e. The maximum absolute atomic E-state index is 13.1. The molecule has 0 bridgehead atoms. The third-order valence-corrected chi connectivity index (χ3v) is 7.19. The van der Waals surface area contributed by atoms with Crippen LogP contribution in [-0.4, -0.2) is 160 Å². The van der Waals surface area contributed by atoms with Gasteiger partial charge in [0.25, 0.3) is 11.8 Å². The number of nitrogens with one attached hydrogen (secondary N) is 2. The molecule has 1 aromatic carbocycles. The Balaban J connectivity index is 1.06. The van der Waals surface area contributed by atoms with Crippen molar-refractivity contribution < 1.29 is 61.8 Å². The summed E-state index contributed by atoms with van der Waals surface area (Å²) in [7, 11) is 0. The minimum Gasteiger partial charge on any atom is -0.382 e. The molecule has 1 saturated heterocycles. The minimum absolute atomic E-state index is 0.0661. The first-order valence-corrected chi connectivity index (χ1v) is 16.8. The zero-order valence-corrected chi connectivity index (χ0v) is 28.5. The number of carbonyl (C=O) groups excluding carboxylic acids is 4. The molecule has 0 saturated carbocycles. The average molecular weight is 708 g/mol. The van der Waals surface area contributed by atoms with E-state index in [2.05, 4.69) is 16.6 Å². The van der Waals surface area contributed by atoms with Crippen LogP contribution in [-0.2, 0) is 52.2 Å². The third kappa shape index (κ3) is 15.2. The molecule has 50 heavy (non-hydrogen) atoms. The number of nitrogens with zero attached hydrogens (tertiary/aromatic N) is 1. The topological polar surface area (TPSA) is 179 Å². The van der Waals surface area contributed by atoms with E-state index in [-0.39, 0.29) is 24.0 Å². The lowest BCUT2D eigenvalue weighted by Gasteiger charge is -2.27. The summed E-state index contributed by atoms with van der Waals surface area (Å²) in [6.07, 6.45) is 5.25. The van der Waals surface area contributed by atoms with E-state index < -0.39 is 29.7 Å². The van der Waals surface area contributed by atoms with Gasteiger partial charge < -0.3 is 47.9 Å². The maximum Gasteiger partial charge on any atom is 0.264 e. The van der Waals surface area contributed by atoms with Crippen LogP contribution in [0.5, 0.6) is 0 Å². The number of carbonyl (C=O) groups is 4. The summed E-state index contributed by atoms with van der Waals surface area (Å²) in [6, 6.07) is 3.90. The molecule has 0 spiro atoms. The van der Waals surface area contributed by atoms with E-state index in [1.165, 1.54) is 0 Å². The number of piperidine rings is 1. The van der Waals surface area contributed by atoms with Crippen molar-refractivity contribution in [1.82, 2.24) is 10.2 Å². The van der Waals surface area contributed by atoms with Gasteiger partial charge in [0.2, 0.25) is 11.8 Å². The van der Waals surface area contributed by atoms with E-state index in [1.807, 2.05) is 0 Å². The van der Waals surface area contributed by atoms with Gasteiger partial charge in [0.05, 0.1) is 123 Å². The van der Waals surface area contributed by atoms with E-state index in [4.69, 9.17) is 49.1 Å². The number of hydrogen-bond acceptors (Lipinski definition) is 14. The predicted molar refractivity (Wildman–Crippen MR) is 178 cm³/mol. The first-order valence-electron chi connectivity index (χ1n) is 16.8. The SMILES string of the molecule is C#CCOCCOCCOCCOCCOCCOCCOCCOCCOCCNc1cccc2c1C(=O)N(C1CCC(=O)NC1=O)C2=O. The quantitative estimate of drug-likeness (QED) is 0.0633. The molecule has 16 nitrogen and oxygen atoms in total. The monoisotopic (exact) mass is 707 g/mol. The van der Waals surface area contributed by atoms with E-state index >= 15 is 0 Å². The molecule has 16 heteroatoms. The van der Waals surface area contributed by atoms with Crippen molar-refractivity contribution >= 4 is 29.3 Å². The first kappa shape index (κ1) is 40.9. The molecule has 1 unspecified atom stereocenters. The third-order valence-electron chi connectivity index (χ3n) is 7.19. The number of ether oxygens (including phenoxy) is 9. The molecule has 1 atom stereocenters. The van der Waals surface area contributed by atoms with Gasteiger partial charge in [-0.1, -0.05) is 12.0 Å². The molecule has 0 aliphatic carbocycles. The summed E-state index contributed by atoms with van der Waals surface area (Å²) in [5.41, 5.74) is 0.907. The highest BCUT2D eigenvalue weighted by Gasteiger charge is 2.45. The van der Waals surface area contributed by atoms with Crippen LogP contribution in [0.15, 0.2) is 18.2 Å². The van der Waals surface area contributed by atoms with Crippen LogP contribution in [0.2, 0.25) is 0 Å². The summed E-state index contributed by atoms with van der Waals surface area (Å²) in [4.78, 5) is 50.8. The average Bonchev–Trinajstić information content (AvgIpc) is 3.36. The lowest BCUT2D eigenvalue weighted by molar-refractivity contribution is -0.136. The predicted octanol–water partition coefficient (Wildman–Crippen LogP) is 0.282. The molecule has 1 fully saturated rings. The maximum atomic E-state index is 13.1. The van der Waals surface area contributed by atoms with Crippen molar-refractivity contribution in [3.8, 4) is 12.3 Å². The van der Waals surface area contributed by atoms with Gasteiger partial charge in [0.1, 0.15) is 12.6 Å². The second kappa shape index (κ2) is 25.5. The molecule has 278 valence electrons. The fraction of sp³-hybridized carbons (Fsp3) is 0.647. The number of fused-ring (bicyclic) bond motifs is 1. The molecular formula is C34H49N3O13. The first-order chi connectivity index (χ1) is 24.5. The van der Waals surface area contributed by atoms with Crippen LogP contribution in [0.4, 0.5) is 5.69 Å². The van der Waals surface area contributed by atoms with Crippen LogP contribution in [0, 0.1) is 12.3 Å². The number of rotatable bonds is 30. The zero-order valence-electron chi connectivity index (χ0n) is 28.5. The molecule has 4 amide bonds. The normalized spacial score (nSPS) is 15.7. The molecule has 2 heterocycles. The molecule has 2 N–H and O–H groups in total. The van der Waals surface area contributed by atoms with Crippen molar-refractivity contribution in [3.63, 3.8) is 0 Å². The number of terminal acetylenes is 1. The van der Waals surface area contributed by atoms with Gasteiger partial charge in [-0.2, -0.15) is 0 Å². The van der Waals surface area contributed by atoms with Crippen LogP contribution >= 0.6 is 0 Å². The Morgan fingerprint density at radius 3 is 1.58 bits per heavy atom. The van der Waals surface area contributed by atoms with Gasteiger partial charge in [0.15, 0.2) is 0 Å². The summed E-state index contributed by atoms with van der Waals surface area (Å²) in [6.45, 7) is 8.34. The lowest BCUT2D eigenvalue weighted by atomic mass is 10.0. The molecule has 0 aromatic heterocycles. The number of benzene rings is 1. The van der Waals surface area contributed by atoms with Crippen LogP contribution in [0.25, 0.3) is 0 Å². The van der Waals surface area contributed by atoms with E-state index in [9.17, 15) is 19.2 Å². The Labute approximate surface area is 292 Å². The number of hydrogen-bond donors (Lipinski definition) is 2. The molecule has 2 aliphatic rings. The Morgan fingerprint density at radius 1 is 0.660 bits per heavy atom. The summed E-state index contributed by atoms with van der Waals surface area (Å²) >= 11 is 0. The highest BCUT2D eigenvalue weighted by molar-refractivity contribution is 6.25. The van der Waals surface area contributed by atoms with Gasteiger partial charge in [-0.05, 0) is 18.6 Å². The second-order valence-electron chi connectivity index (χ2n) is 10.8. The zero-order chi connectivity index (χ0) is 35.7.